The van der Waals surface area contributed by atoms with Gasteiger partial charge < -0.3 is 34.8 Å². The lowest BCUT2D eigenvalue weighted by Gasteiger charge is -2.22. The molecule has 0 bridgehead atoms. The van der Waals surface area contributed by atoms with Crippen LogP contribution in [0.2, 0.25) is 0 Å². The molecule has 210 valence electrons. The van der Waals surface area contributed by atoms with E-state index in [1.807, 2.05) is 12.1 Å². The first-order chi connectivity index (χ1) is 19.0. The van der Waals surface area contributed by atoms with Crippen LogP contribution in [0.3, 0.4) is 0 Å². The zero-order chi connectivity index (χ0) is 27.6. The Bertz CT molecular complexity index is 1220. The molecule has 1 aromatic heterocycles. The molecule has 9 nitrogen and oxygen atoms in total. The number of aliphatic hydroxyl groups is 2. The van der Waals surface area contributed by atoms with Gasteiger partial charge in [0, 0.05) is 31.9 Å². The Labute approximate surface area is 231 Å². The number of hydrogen-bond acceptors (Lipinski definition) is 9. The van der Waals surface area contributed by atoms with Gasteiger partial charge >= 0.3 is 0 Å². The standard InChI is InChI=1S/C30H41N5O4/c1-22-25(23-8-4-9-24(18-23)39-17-7-14-34(2)13-6-15-36)10-5-11-28(22)35-20-26-27(21-35)32-29(19-31-12-16-37)33-30(26)38-3/h4-5,8-11,18,31,36-37H,6-7,12-17,19-21H2,1-3H3. The molecule has 2 heterocycles. The van der Waals surface area contributed by atoms with E-state index in [0.717, 1.165) is 54.2 Å². The lowest BCUT2D eigenvalue weighted by molar-refractivity contribution is 0.231. The maximum atomic E-state index is 9.05. The van der Waals surface area contributed by atoms with Crippen LogP contribution in [-0.4, -0.2) is 78.7 Å². The molecule has 0 unspecified atom stereocenters. The summed E-state index contributed by atoms with van der Waals surface area (Å²) >= 11 is 0. The van der Waals surface area contributed by atoms with Crippen LogP contribution in [0.25, 0.3) is 11.1 Å². The lowest BCUT2D eigenvalue weighted by atomic mass is 9.98. The zero-order valence-corrected chi connectivity index (χ0v) is 23.3. The number of aliphatic hydroxyl groups excluding tert-OH is 2. The van der Waals surface area contributed by atoms with Crippen LogP contribution in [0.15, 0.2) is 42.5 Å². The fourth-order valence-corrected chi connectivity index (χ4v) is 4.98. The van der Waals surface area contributed by atoms with E-state index in [4.69, 9.17) is 24.7 Å². The molecular formula is C30H41N5O4. The highest BCUT2D eigenvalue weighted by Gasteiger charge is 2.27. The number of methoxy groups -OCH3 is 1. The molecule has 2 aromatic carbocycles. The summed E-state index contributed by atoms with van der Waals surface area (Å²) in [7, 11) is 3.72. The van der Waals surface area contributed by atoms with Gasteiger partial charge in [0.05, 0.1) is 51.2 Å². The molecule has 0 spiro atoms. The molecule has 4 rings (SSSR count). The number of fused-ring (bicyclic) bond motifs is 1. The number of aromatic nitrogens is 2. The third kappa shape index (κ3) is 7.45. The van der Waals surface area contributed by atoms with Crippen molar-refractivity contribution in [2.45, 2.75) is 39.4 Å². The SMILES string of the molecule is COc1nc(CNCCO)nc2c1CN(c1cccc(-c3cccc(OCCCN(C)CCCO)c3)c1C)C2. The number of rotatable bonds is 15. The summed E-state index contributed by atoms with van der Waals surface area (Å²) in [6, 6.07) is 14.7. The zero-order valence-electron chi connectivity index (χ0n) is 23.3. The second kappa shape index (κ2) is 14.2. The third-order valence-electron chi connectivity index (χ3n) is 7.00. The fourth-order valence-electron chi connectivity index (χ4n) is 4.98. The van der Waals surface area contributed by atoms with Crippen molar-refractivity contribution < 1.29 is 19.7 Å². The van der Waals surface area contributed by atoms with Crippen molar-refractivity contribution in [3.05, 3.63) is 65.1 Å². The molecule has 0 atom stereocenters. The van der Waals surface area contributed by atoms with Gasteiger partial charge in [0.1, 0.15) is 11.6 Å². The summed E-state index contributed by atoms with van der Waals surface area (Å²) in [5.74, 6) is 2.15. The van der Waals surface area contributed by atoms with Gasteiger partial charge in [0.2, 0.25) is 5.88 Å². The summed E-state index contributed by atoms with van der Waals surface area (Å²) in [4.78, 5) is 13.9. The van der Waals surface area contributed by atoms with Gasteiger partial charge in [-0.2, -0.15) is 4.98 Å². The normalized spacial score (nSPS) is 12.7. The first-order valence-corrected chi connectivity index (χ1v) is 13.7. The van der Waals surface area contributed by atoms with Crippen LogP contribution < -0.4 is 19.7 Å². The molecule has 3 aromatic rings. The minimum Gasteiger partial charge on any atom is -0.494 e. The van der Waals surface area contributed by atoms with Crippen molar-refractivity contribution in [2.75, 3.05) is 58.5 Å². The van der Waals surface area contributed by atoms with Gasteiger partial charge in [0.15, 0.2) is 0 Å². The van der Waals surface area contributed by atoms with Crippen molar-refractivity contribution in [2.24, 2.45) is 0 Å². The molecule has 9 heteroatoms. The van der Waals surface area contributed by atoms with Crippen LogP contribution in [0.1, 0.15) is 35.5 Å². The molecule has 0 amide bonds. The number of nitrogens with zero attached hydrogens (tertiary/aromatic N) is 4. The Morgan fingerprint density at radius 1 is 1.03 bits per heavy atom. The predicted molar refractivity (Wildman–Crippen MR) is 153 cm³/mol. The first kappa shape index (κ1) is 28.8. The minimum atomic E-state index is 0.0736. The summed E-state index contributed by atoms with van der Waals surface area (Å²) in [5, 5.41) is 21.2. The van der Waals surface area contributed by atoms with E-state index in [2.05, 4.69) is 64.4 Å². The molecule has 1 aliphatic rings. The monoisotopic (exact) mass is 535 g/mol. The van der Waals surface area contributed by atoms with Gasteiger partial charge in [0.25, 0.3) is 0 Å². The van der Waals surface area contributed by atoms with E-state index in [9.17, 15) is 0 Å². The maximum Gasteiger partial charge on any atom is 0.221 e. The average molecular weight is 536 g/mol. The number of anilines is 1. The lowest BCUT2D eigenvalue weighted by Crippen LogP contribution is -2.23. The second-order valence-electron chi connectivity index (χ2n) is 9.89. The van der Waals surface area contributed by atoms with E-state index >= 15 is 0 Å². The Balaban J connectivity index is 1.45. The Morgan fingerprint density at radius 3 is 2.64 bits per heavy atom. The van der Waals surface area contributed by atoms with E-state index < -0.39 is 0 Å². The van der Waals surface area contributed by atoms with Gasteiger partial charge in [-0.3, -0.25) is 0 Å². The number of hydrogen-bond donors (Lipinski definition) is 3. The Kier molecular flexibility index (Phi) is 10.5. The molecular weight excluding hydrogens is 494 g/mol. The van der Waals surface area contributed by atoms with Crippen LogP contribution >= 0.6 is 0 Å². The quantitative estimate of drug-likeness (QED) is 0.253. The number of ether oxygens (including phenoxy) is 2. The Morgan fingerprint density at radius 2 is 1.85 bits per heavy atom. The Hall–Kier alpha value is -3.24. The van der Waals surface area contributed by atoms with Crippen LogP contribution in [0.5, 0.6) is 11.6 Å². The third-order valence-corrected chi connectivity index (χ3v) is 7.00. The van der Waals surface area contributed by atoms with Crippen LogP contribution in [0, 0.1) is 6.92 Å². The van der Waals surface area contributed by atoms with E-state index in [0.29, 0.717) is 44.5 Å². The van der Waals surface area contributed by atoms with Crippen molar-refractivity contribution in [3.63, 3.8) is 0 Å². The molecule has 3 N–H and O–H groups in total. The van der Waals surface area contributed by atoms with Crippen molar-refractivity contribution in [1.82, 2.24) is 20.2 Å². The molecule has 39 heavy (non-hydrogen) atoms. The highest BCUT2D eigenvalue weighted by atomic mass is 16.5. The molecule has 0 saturated carbocycles. The van der Waals surface area contributed by atoms with Crippen LogP contribution in [-0.2, 0) is 19.6 Å². The highest BCUT2D eigenvalue weighted by Crippen LogP contribution is 2.37. The van der Waals surface area contributed by atoms with E-state index in [-0.39, 0.29) is 13.2 Å². The summed E-state index contributed by atoms with van der Waals surface area (Å²) in [5.41, 5.74) is 6.65. The minimum absolute atomic E-state index is 0.0736. The molecule has 0 radical (unpaired) electrons. The summed E-state index contributed by atoms with van der Waals surface area (Å²) < 4.78 is 11.7. The van der Waals surface area contributed by atoms with E-state index in [1.165, 1.54) is 11.1 Å². The van der Waals surface area contributed by atoms with E-state index in [1.54, 1.807) is 7.11 Å². The van der Waals surface area contributed by atoms with Gasteiger partial charge in [-0.15, -0.1) is 0 Å². The van der Waals surface area contributed by atoms with Crippen LogP contribution in [0.4, 0.5) is 5.69 Å². The first-order valence-electron chi connectivity index (χ1n) is 13.7. The van der Waals surface area contributed by atoms with Gasteiger partial charge in [-0.25, -0.2) is 4.98 Å². The highest BCUT2D eigenvalue weighted by molar-refractivity contribution is 5.75. The topological polar surface area (TPSA) is 103 Å². The molecule has 0 saturated heterocycles. The molecule has 0 aliphatic carbocycles. The molecule has 1 aliphatic heterocycles. The van der Waals surface area contributed by atoms with Gasteiger partial charge in [-0.05, 0) is 61.7 Å². The average Bonchev–Trinajstić information content (AvgIpc) is 3.38. The van der Waals surface area contributed by atoms with Crippen molar-refractivity contribution in [1.29, 1.82) is 0 Å². The van der Waals surface area contributed by atoms with Crippen molar-refractivity contribution in [3.8, 4) is 22.8 Å². The predicted octanol–water partition coefficient (Wildman–Crippen LogP) is 3.15. The number of nitrogens with one attached hydrogen (secondary N) is 1. The fraction of sp³-hybridized carbons (Fsp3) is 0.467. The maximum absolute atomic E-state index is 9.05. The second-order valence-corrected chi connectivity index (χ2v) is 9.89. The summed E-state index contributed by atoms with van der Waals surface area (Å²) in [6.07, 6.45) is 1.73. The largest absolute Gasteiger partial charge is 0.494 e. The van der Waals surface area contributed by atoms with Crippen molar-refractivity contribution >= 4 is 5.69 Å². The summed E-state index contributed by atoms with van der Waals surface area (Å²) in [6.45, 7) is 7.30. The smallest absolute Gasteiger partial charge is 0.221 e. The number of benzene rings is 2. The van der Waals surface area contributed by atoms with Gasteiger partial charge in [-0.1, -0.05) is 24.3 Å². The molecule has 0 fully saturated rings.